The summed E-state index contributed by atoms with van der Waals surface area (Å²) in [5, 5.41) is 16.3. The van der Waals surface area contributed by atoms with Crippen LogP contribution in [0, 0.1) is 5.41 Å². The van der Waals surface area contributed by atoms with Gasteiger partial charge in [-0.05, 0) is 47.6 Å². The van der Waals surface area contributed by atoms with E-state index < -0.39 is 0 Å². The van der Waals surface area contributed by atoms with Gasteiger partial charge in [0.25, 0.3) is 0 Å². The SMILES string of the molecule is C[C@H]1CN(C(=O)NCCCC(C)(C)CO)C[C@@H](c2ccsc2)O1. The number of hydrogen-bond acceptors (Lipinski definition) is 4. The lowest BCUT2D eigenvalue weighted by Crippen LogP contribution is -2.50. The molecule has 5 nitrogen and oxygen atoms in total. The van der Waals surface area contributed by atoms with Crippen molar-refractivity contribution in [2.75, 3.05) is 26.2 Å². The summed E-state index contributed by atoms with van der Waals surface area (Å²) < 4.78 is 5.95. The van der Waals surface area contributed by atoms with Crippen LogP contribution < -0.4 is 5.32 Å². The van der Waals surface area contributed by atoms with Crippen molar-refractivity contribution in [3.63, 3.8) is 0 Å². The number of aliphatic hydroxyl groups is 1. The number of aliphatic hydroxyl groups excluding tert-OH is 1. The number of morpholine rings is 1. The summed E-state index contributed by atoms with van der Waals surface area (Å²) in [7, 11) is 0. The monoisotopic (exact) mass is 340 g/mol. The van der Waals surface area contributed by atoms with Gasteiger partial charge >= 0.3 is 6.03 Å². The second-order valence-corrected chi connectivity index (χ2v) is 7.83. The molecule has 1 aromatic rings. The number of hydrogen-bond donors (Lipinski definition) is 2. The number of ether oxygens (including phenoxy) is 1. The third kappa shape index (κ3) is 5.48. The first-order valence-corrected chi connectivity index (χ1v) is 9.17. The molecule has 0 radical (unpaired) electrons. The van der Waals surface area contributed by atoms with Crippen LogP contribution in [0.2, 0.25) is 0 Å². The van der Waals surface area contributed by atoms with Gasteiger partial charge in [-0.2, -0.15) is 11.3 Å². The molecule has 2 heterocycles. The minimum Gasteiger partial charge on any atom is -0.396 e. The first-order valence-electron chi connectivity index (χ1n) is 8.22. The van der Waals surface area contributed by atoms with Gasteiger partial charge in [-0.25, -0.2) is 4.79 Å². The van der Waals surface area contributed by atoms with E-state index in [1.165, 1.54) is 0 Å². The highest BCUT2D eigenvalue weighted by molar-refractivity contribution is 7.07. The molecule has 130 valence electrons. The molecule has 2 atom stereocenters. The average Bonchev–Trinajstić information content (AvgIpc) is 3.05. The highest BCUT2D eigenvalue weighted by Crippen LogP contribution is 2.26. The molecule has 0 unspecified atom stereocenters. The maximum atomic E-state index is 12.4. The molecule has 1 aromatic heterocycles. The summed E-state index contributed by atoms with van der Waals surface area (Å²) in [4.78, 5) is 14.2. The second kappa shape index (κ2) is 8.13. The zero-order chi connectivity index (χ0) is 16.9. The first kappa shape index (κ1) is 18.2. The maximum absolute atomic E-state index is 12.4. The lowest BCUT2D eigenvalue weighted by atomic mass is 9.89. The summed E-state index contributed by atoms with van der Waals surface area (Å²) in [6, 6.07) is 2.03. The molecule has 2 rings (SSSR count). The van der Waals surface area contributed by atoms with Crippen LogP contribution in [-0.2, 0) is 4.74 Å². The van der Waals surface area contributed by atoms with E-state index in [2.05, 4.69) is 16.8 Å². The summed E-state index contributed by atoms with van der Waals surface area (Å²) in [5.41, 5.74) is 1.06. The lowest BCUT2D eigenvalue weighted by molar-refractivity contribution is -0.0654. The Morgan fingerprint density at radius 3 is 2.96 bits per heavy atom. The molecule has 6 heteroatoms. The highest BCUT2D eigenvalue weighted by Gasteiger charge is 2.29. The van der Waals surface area contributed by atoms with Gasteiger partial charge < -0.3 is 20.1 Å². The van der Waals surface area contributed by atoms with E-state index in [9.17, 15) is 9.90 Å². The van der Waals surface area contributed by atoms with Gasteiger partial charge in [-0.3, -0.25) is 0 Å². The predicted molar refractivity (Wildman–Crippen MR) is 92.7 cm³/mol. The van der Waals surface area contributed by atoms with Crippen molar-refractivity contribution in [3.8, 4) is 0 Å². The van der Waals surface area contributed by atoms with Gasteiger partial charge in [0.2, 0.25) is 0 Å². The fraction of sp³-hybridized carbons (Fsp3) is 0.706. The summed E-state index contributed by atoms with van der Waals surface area (Å²) in [6.07, 6.45) is 1.75. The van der Waals surface area contributed by atoms with Crippen molar-refractivity contribution in [1.82, 2.24) is 10.2 Å². The van der Waals surface area contributed by atoms with Gasteiger partial charge in [0.15, 0.2) is 0 Å². The highest BCUT2D eigenvalue weighted by atomic mass is 32.1. The Hall–Kier alpha value is -1.11. The van der Waals surface area contributed by atoms with Crippen molar-refractivity contribution < 1.29 is 14.6 Å². The minimum absolute atomic E-state index is 0.0258. The Morgan fingerprint density at radius 1 is 1.52 bits per heavy atom. The fourth-order valence-electron chi connectivity index (χ4n) is 2.71. The number of urea groups is 1. The molecule has 2 amide bonds. The van der Waals surface area contributed by atoms with Crippen molar-refractivity contribution in [3.05, 3.63) is 22.4 Å². The number of nitrogens with one attached hydrogen (secondary N) is 1. The lowest BCUT2D eigenvalue weighted by Gasteiger charge is -2.36. The number of amides is 2. The number of carbonyl (C=O) groups is 1. The van der Waals surface area contributed by atoms with E-state index in [0.29, 0.717) is 19.6 Å². The molecule has 23 heavy (non-hydrogen) atoms. The molecule has 0 spiro atoms. The van der Waals surface area contributed by atoms with Gasteiger partial charge in [0.1, 0.15) is 6.10 Å². The summed E-state index contributed by atoms with van der Waals surface area (Å²) in [6.45, 7) is 8.08. The molecule has 1 fully saturated rings. The van der Waals surface area contributed by atoms with Crippen LogP contribution in [0.3, 0.4) is 0 Å². The Labute approximate surface area is 142 Å². The molecule has 2 N–H and O–H groups in total. The molecule has 1 saturated heterocycles. The standard InChI is InChI=1S/C17H28N2O3S/c1-13-9-19(10-15(22-13)14-5-8-23-11-14)16(21)18-7-4-6-17(2,3)12-20/h5,8,11,13,15,20H,4,6-7,9-10,12H2,1-3H3,(H,18,21)/t13-,15-/m0/s1. The number of rotatable bonds is 6. The van der Waals surface area contributed by atoms with E-state index in [4.69, 9.17) is 4.74 Å². The van der Waals surface area contributed by atoms with Crippen molar-refractivity contribution in [2.45, 2.75) is 45.8 Å². The van der Waals surface area contributed by atoms with Crippen LogP contribution in [0.15, 0.2) is 16.8 Å². The Balaban J connectivity index is 1.79. The summed E-state index contributed by atoms with van der Waals surface area (Å²) in [5.74, 6) is 0. The van der Waals surface area contributed by atoms with Crippen LogP contribution in [0.5, 0.6) is 0 Å². The molecular weight excluding hydrogens is 312 g/mol. The molecule has 0 saturated carbocycles. The van der Waals surface area contributed by atoms with E-state index >= 15 is 0 Å². The topological polar surface area (TPSA) is 61.8 Å². The third-order valence-electron chi connectivity index (χ3n) is 4.20. The number of nitrogens with zero attached hydrogens (tertiary/aromatic N) is 1. The largest absolute Gasteiger partial charge is 0.396 e. The Kier molecular flexibility index (Phi) is 6.44. The van der Waals surface area contributed by atoms with Crippen molar-refractivity contribution in [2.24, 2.45) is 5.41 Å². The van der Waals surface area contributed by atoms with Gasteiger partial charge in [0.05, 0.1) is 12.6 Å². The first-order chi connectivity index (χ1) is 10.9. The third-order valence-corrected chi connectivity index (χ3v) is 4.90. The van der Waals surface area contributed by atoms with Gasteiger partial charge in [-0.15, -0.1) is 0 Å². The van der Waals surface area contributed by atoms with E-state index in [1.54, 1.807) is 11.3 Å². The Morgan fingerprint density at radius 2 is 2.30 bits per heavy atom. The van der Waals surface area contributed by atoms with Crippen LogP contribution in [-0.4, -0.2) is 48.4 Å². The normalized spacial score (nSPS) is 22.2. The quantitative estimate of drug-likeness (QED) is 0.783. The Bertz CT molecular complexity index is 490. The van der Waals surface area contributed by atoms with Gasteiger partial charge in [0, 0.05) is 19.7 Å². The van der Waals surface area contributed by atoms with Gasteiger partial charge in [-0.1, -0.05) is 13.8 Å². The van der Waals surface area contributed by atoms with Crippen molar-refractivity contribution in [1.29, 1.82) is 0 Å². The van der Waals surface area contributed by atoms with E-state index in [-0.39, 0.29) is 30.3 Å². The molecule has 0 aliphatic carbocycles. The maximum Gasteiger partial charge on any atom is 0.317 e. The number of thiophene rings is 1. The minimum atomic E-state index is -0.0811. The molecule has 0 aromatic carbocycles. The zero-order valence-corrected chi connectivity index (χ0v) is 15.1. The second-order valence-electron chi connectivity index (χ2n) is 7.05. The zero-order valence-electron chi connectivity index (χ0n) is 14.2. The fourth-order valence-corrected chi connectivity index (χ4v) is 3.41. The van der Waals surface area contributed by atoms with Crippen LogP contribution in [0.4, 0.5) is 4.79 Å². The molecule has 1 aliphatic heterocycles. The molecular formula is C17H28N2O3S. The average molecular weight is 340 g/mol. The smallest absolute Gasteiger partial charge is 0.317 e. The number of carbonyl (C=O) groups excluding carboxylic acids is 1. The van der Waals surface area contributed by atoms with Crippen LogP contribution >= 0.6 is 11.3 Å². The van der Waals surface area contributed by atoms with E-state index in [1.807, 2.05) is 31.1 Å². The van der Waals surface area contributed by atoms with Crippen LogP contribution in [0.1, 0.15) is 45.3 Å². The van der Waals surface area contributed by atoms with Crippen molar-refractivity contribution >= 4 is 17.4 Å². The molecule has 1 aliphatic rings. The van der Waals surface area contributed by atoms with E-state index in [0.717, 1.165) is 18.4 Å². The summed E-state index contributed by atoms with van der Waals surface area (Å²) >= 11 is 1.65. The molecule has 0 bridgehead atoms. The predicted octanol–water partition coefficient (Wildman–Crippen LogP) is 3.02. The van der Waals surface area contributed by atoms with Crippen LogP contribution in [0.25, 0.3) is 0 Å².